The Kier molecular flexibility index (Phi) is 7.25. The molecular weight excluding hydrogens is 338 g/mol. The van der Waals surface area contributed by atoms with E-state index in [4.69, 9.17) is 4.74 Å². The van der Waals surface area contributed by atoms with Crippen LogP contribution in [0.5, 0.6) is 5.75 Å². The Bertz CT molecular complexity index is 713. The van der Waals surface area contributed by atoms with Gasteiger partial charge in [0.2, 0.25) is 5.91 Å². The summed E-state index contributed by atoms with van der Waals surface area (Å²) in [7, 11) is 0. The fraction of sp³-hybridized carbons (Fsp3) is 0.409. The molecule has 1 saturated heterocycles. The number of ether oxygens (including phenoxy) is 1. The van der Waals surface area contributed by atoms with Gasteiger partial charge >= 0.3 is 0 Å². The summed E-state index contributed by atoms with van der Waals surface area (Å²) in [6.07, 6.45) is 0. The third-order valence-electron chi connectivity index (χ3n) is 4.92. The molecule has 1 N–H and O–H groups in total. The van der Waals surface area contributed by atoms with Gasteiger partial charge in [-0.25, -0.2) is 0 Å². The highest BCUT2D eigenvalue weighted by Crippen LogP contribution is 2.12. The van der Waals surface area contributed by atoms with E-state index in [1.807, 2.05) is 30.3 Å². The van der Waals surface area contributed by atoms with Gasteiger partial charge in [-0.2, -0.15) is 0 Å². The fourth-order valence-electron chi connectivity index (χ4n) is 3.27. The lowest BCUT2D eigenvalue weighted by Gasteiger charge is -2.34. The van der Waals surface area contributed by atoms with Crippen molar-refractivity contribution in [1.82, 2.24) is 15.1 Å². The van der Waals surface area contributed by atoms with Gasteiger partial charge in [0.25, 0.3) is 0 Å². The number of para-hydroxylation sites is 1. The van der Waals surface area contributed by atoms with E-state index in [2.05, 4.69) is 46.3 Å². The number of piperazine rings is 1. The molecule has 5 heteroatoms. The highest BCUT2D eigenvalue weighted by molar-refractivity contribution is 5.78. The second-order valence-electron chi connectivity index (χ2n) is 6.99. The third kappa shape index (κ3) is 6.38. The Morgan fingerprint density at radius 3 is 2.37 bits per heavy atom. The minimum absolute atomic E-state index is 0.0685. The Balaban J connectivity index is 1.30. The SMILES string of the molecule is Cc1ccccc1CN1CCN(CC(=O)NCCOc2ccccc2)CC1. The minimum Gasteiger partial charge on any atom is -0.492 e. The van der Waals surface area contributed by atoms with Crippen LogP contribution in [-0.4, -0.2) is 61.6 Å². The van der Waals surface area contributed by atoms with Gasteiger partial charge in [0, 0.05) is 32.7 Å². The molecular formula is C22H29N3O2. The predicted molar refractivity (Wildman–Crippen MR) is 108 cm³/mol. The molecule has 1 aliphatic rings. The van der Waals surface area contributed by atoms with Crippen LogP contribution in [0.3, 0.4) is 0 Å². The van der Waals surface area contributed by atoms with Crippen LogP contribution >= 0.6 is 0 Å². The van der Waals surface area contributed by atoms with Crippen LogP contribution in [-0.2, 0) is 11.3 Å². The van der Waals surface area contributed by atoms with Crippen LogP contribution in [0.2, 0.25) is 0 Å². The lowest BCUT2D eigenvalue weighted by molar-refractivity contribution is -0.122. The molecule has 2 aromatic carbocycles. The van der Waals surface area contributed by atoms with Gasteiger partial charge in [-0.3, -0.25) is 14.6 Å². The van der Waals surface area contributed by atoms with E-state index in [1.165, 1.54) is 11.1 Å². The summed E-state index contributed by atoms with van der Waals surface area (Å²) < 4.78 is 5.59. The third-order valence-corrected chi connectivity index (χ3v) is 4.92. The average Bonchev–Trinajstić information content (AvgIpc) is 2.69. The van der Waals surface area contributed by atoms with Crippen LogP contribution in [0.1, 0.15) is 11.1 Å². The van der Waals surface area contributed by atoms with Crippen molar-refractivity contribution in [2.45, 2.75) is 13.5 Å². The van der Waals surface area contributed by atoms with E-state index in [0.29, 0.717) is 19.7 Å². The molecule has 144 valence electrons. The van der Waals surface area contributed by atoms with Crippen molar-refractivity contribution in [3.8, 4) is 5.75 Å². The molecule has 0 saturated carbocycles. The minimum atomic E-state index is 0.0685. The van der Waals surface area contributed by atoms with Crippen LogP contribution in [0.25, 0.3) is 0 Å². The normalized spacial score (nSPS) is 15.4. The van der Waals surface area contributed by atoms with Gasteiger partial charge in [0.15, 0.2) is 0 Å². The van der Waals surface area contributed by atoms with E-state index in [0.717, 1.165) is 38.5 Å². The second kappa shape index (κ2) is 10.1. The Hall–Kier alpha value is -2.37. The fourth-order valence-corrected chi connectivity index (χ4v) is 3.27. The summed E-state index contributed by atoms with van der Waals surface area (Å²) in [5.41, 5.74) is 2.74. The lowest BCUT2D eigenvalue weighted by atomic mass is 10.1. The number of carbonyl (C=O) groups is 1. The first kappa shape index (κ1) is 19.4. The quantitative estimate of drug-likeness (QED) is 0.728. The van der Waals surface area contributed by atoms with E-state index in [9.17, 15) is 4.79 Å². The molecule has 0 spiro atoms. The molecule has 27 heavy (non-hydrogen) atoms. The number of benzene rings is 2. The maximum atomic E-state index is 12.1. The van der Waals surface area contributed by atoms with E-state index in [-0.39, 0.29) is 5.91 Å². The topological polar surface area (TPSA) is 44.8 Å². The Morgan fingerprint density at radius 1 is 0.963 bits per heavy atom. The predicted octanol–water partition coefficient (Wildman–Crippen LogP) is 2.31. The number of hydrogen-bond donors (Lipinski definition) is 1. The number of hydrogen-bond acceptors (Lipinski definition) is 4. The average molecular weight is 367 g/mol. The molecule has 0 unspecified atom stereocenters. The van der Waals surface area contributed by atoms with Crippen LogP contribution in [0, 0.1) is 6.92 Å². The molecule has 0 radical (unpaired) electrons. The van der Waals surface area contributed by atoms with Gasteiger partial charge in [-0.15, -0.1) is 0 Å². The maximum Gasteiger partial charge on any atom is 0.234 e. The smallest absolute Gasteiger partial charge is 0.234 e. The first-order valence-corrected chi connectivity index (χ1v) is 9.64. The van der Waals surface area contributed by atoms with Crippen molar-refractivity contribution in [3.05, 3.63) is 65.7 Å². The van der Waals surface area contributed by atoms with Gasteiger partial charge in [-0.1, -0.05) is 42.5 Å². The molecule has 0 aromatic heterocycles. The maximum absolute atomic E-state index is 12.1. The van der Waals surface area contributed by atoms with Crippen molar-refractivity contribution >= 4 is 5.91 Å². The molecule has 1 amide bonds. The number of nitrogens with zero attached hydrogens (tertiary/aromatic N) is 2. The summed E-state index contributed by atoms with van der Waals surface area (Å²) in [5, 5.41) is 2.94. The van der Waals surface area contributed by atoms with E-state index in [1.54, 1.807) is 0 Å². The standard InChI is InChI=1S/C22H29N3O2/c1-19-7-5-6-8-20(19)17-24-12-14-25(15-13-24)18-22(26)23-11-16-27-21-9-3-2-4-10-21/h2-10H,11-18H2,1H3,(H,23,26). The molecule has 0 atom stereocenters. The van der Waals surface area contributed by atoms with Crippen molar-refractivity contribution in [2.75, 3.05) is 45.9 Å². The molecule has 1 fully saturated rings. The monoisotopic (exact) mass is 367 g/mol. The molecule has 5 nitrogen and oxygen atoms in total. The van der Waals surface area contributed by atoms with E-state index >= 15 is 0 Å². The highest BCUT2D eigenvalue weighted by atomic mass is 16.5. The van der Waals surface area contributed by atoms with Crippen LogP contribution in [0.15, 0.2) is 54.6 Å². The number of carbonyl (C=O) groups excluding carboxylic acids is 1. The summed E-state index contributed by atoms with van der Waals surface area (Å²) in [5.74, 6) is 0.899. The largest absolute Gasteiger partial charge is 0.492 e. The summed E-state index contributed by atoms with van der Waals surface area (Å²) in [4.78, 5) is 16.8. The zero-order valence-electron chi connectivity index (χ0n) is 16.1. The molecule has 0 bridgehead atoms. The number of aryl methyl sites for hydroxylation is 1. The summed E-state index contributed by atoms with van der Waals surface area (Å²) in [6, 6.07) is 18.2. The van der Waals surface area contributed by atoms with Gasteiger partial charge < -0.3 is 10.1 Å². The number of amides is 1. The zero-order chi connectivity index (χ0) is 18.9. The highest BCUT2D eigenvalue weighted by Gasteiger charge is 2.19. The van der Waals surface area contributed by atoms with Crippen LogP contribution < -0.4 is 10.1 Å². The molecule has 2 aromatic rings. The zero-order valence-corrected chi connectivity index (χ0v) is 16.1. The molecule has 0 aliphatic carbocycles. The van der Waals surface area contributed by atoms with Crippen molar-refractivity contribution in [3.63, 3.8) is 0 Å². The van der Waals surface area contributed by atoms with Crippen molar-refractivity contribution in [1.29, 1.82) is 0 Å². The second-order valence-corrected chi connectivity index (χ2v) is 6.99. The summed E-state index contributed by atoms with van der Waals surface area (Å²) in [6.45, 7) is 8.49. The van der Waals surface area contributed by atoms with Gasteiger partial charge in [0.05, 0.1) is 13.1 Å². The van der Waals surface area contributed by atoms with Crippen molar-refractivity contribution < 1.29 is 9.53 Å². The lowest BCUT2D eigenvalue weighted by Crippen LogP contribution is -2.49. The number of nitrogens with one attached hydrogen (secondary N) is 1. The van der Waals surface area contributed by atoms with Gasteiger partial charge in [0.1, 0.15) is 12.4 Å². The van der Waals surface area contributed by atoms with Gasteiger partial charge in [-0.05, 0) is 30.2 Å². The van der Waals surface area contributed by atoms with E-state index < -0.39 is 0 Å². The first-order valence-electron chi connectivity index (χ1n) is 9.64. The Morgan fingerprint density at radius 2 is 1.63 bits per heavy atom. The Labute approximate surface area is 161 Å². The first-order chi connectivity index (χ1) is 13.2. The molecule has 3 rings (SSSR count). The van der Waals surface area contributed by atoms with Crippen molar-refractivity contribution in [2.24, 2.45) is 0 Å². The number of rotatable bonds is 8. The summed E-state index contributed by atoms with van der Waals surface area (Å²) >= 11 is 0. The molecule has 1 aliphatic heterocycles. The van der Waals surface area contributed by atoms with Crippen LogP contribution in [0.4, 0.5) is 0 Å². The molecule has 1 heterocycles.